The maximum Gasteiger partial charge on any atom is 0.268 e. The number of benzene rings is 1. The predicted molar refractivity (Wildman–Crippen MR) is 98.9 cm³/mol. The number of rotatable bonds is 5. The largest absolute Gasteiger partial charge is 0.316 e. The fourth-order valence-electron chi connectivity index (χ4n) is 2.85. The van der Waals surface area contributed by atoms with E-state index in [1.807, 2.05) is 6.07 Å². The monoisotopic (exact) mass is 366 g/mol. The number of nitriles is 1. The normalized spacial score (nSPS) is 11.3. The molecular formula is C19H18N4O2S. The molecule has 0 spiro atoms. The van der Waals surface area contributed by atoms with Crippen molar-refractivity contribution in [3.63, 3.8) is 0 Å². The van der Waals surface area contributed by atoms with E-state index in [4.69, 9.17) is 0 Å². The van der Waals surface area contributed by atoms with Crippen molar-refractivity contribution in [3.8, 4) is 17.3 Å². The van der Waals surface area contributed by atoms with Gasteiger partial charge in [0.2, 0.25) is 0 Å². The summed E-state index contributed by atoms with van der Waals surface area (Å²) >= 11 is 0. The SMILES string of the molecule is CNCc1cc(-c2cccnc2C#N)n(S(=O)(=O)c2ccccc2C)c1. The number of aromatic nitrogens is 2. The lowest BCUT2D eigenvalue weighted by molar-refractivity contribution is 0.587. The molecular weight excluding hydrogens is 348 g/mol. The summed E-state index contributed by atoms with van der Waals surface area (Å²) in [5, 5.41) is 12.4. The molecule has 2 heterocycles. The summed E-state index contributed by atoms with van der Waals surface area (Å²) in [6.07, 6.45) is 3.10. The Labute approximate surface area is 152 Å². The van der Waals surface area contributed by atoms with Gasteiger partial charge in [0.05, 0.1) is 10.6 Å². The molecule has 1 N–H and O–H groups in total. The van der Waals surface area contributed by atoms with Crippen molar-refractivity contribution >= 4 is 10.0 Å². The van der Waals surface area contributed by atoms with Crippen LogP contribution in [0, 0.1) is 18.3 Å². The number of hydrogen-bond acceptors (Lipinski definition) is 5. The molecule has 0 aliphatic carbocycles. The molecule has 0 amide bonds. The summed E-state index contributed by atoms with van der Waals surface area (Å²) in [5.41, 5.74) is 2.54. The smallest absolute Gasteiger partial charge is 0.268 e. The van der Waals surface area contributed by atoms with E-state index in [1.165, 1.54) is 10.2 Å². The Morgan fingerprint density at radius 1 is 1.23 bits per heavy atom. The highest BCUT2D eigenvalue weighted by molar-refractivity contribution is 7.90. The number of hydrogen-bond donors (Lipinski definition) is 1. The van der Waals surface area contributed by atoms with Gasteiger partial charge >= 0.3 is 0 Å². The Morgan fingerprint density at radius 2 is 2.00 bits per heavy atom. The van der Waals surface area contributed by atoms with Crippen molar-refractivity contribution in [2.24, 2.45) is 0 Å². The zero-order valence-electron chi connectivity index (χ0n) is 14.5. The van der Waals surface area contributed by atoms with Gasteiger partial charge in [-0.2, -0.15) is 5.26 Å². The minimum absolute atomic E-state index is 0.183. The van der Waals surface area contributed by atoms with Gasteiger partial charge in [0.1, 0.15) is 11.8 Å². The molecule has 3 rings (SSSR count). The van der Waals surface area contributed by atoms with Crippen LogP contribution in [0.3, 0.4) is 0 Å². The first-order valence-electron chi connectivity index (χ1n) is 8.01. The first-order valence-corrected chi connectivity index (χ1v) is 9.45. The Kier molecular flexibility index (Phi) is 4.89. The van der Waals surface area contributed by atoms with Crippen LogP contribution in [0.1, 0.15) is 16.8 Å². The van der Waals surface area contributed by atoms with Gasteiger partial charge in [0, 0.05) is 24.5 Å². The highest BCUT2D eigenvalue weighted by atomic mass is 32.2. The van der Waals surface area contributed by atoms with E-state index >= 15 is 0 Å². The highest BCUT2D eigenvalue weighted by Crippen LogP contribution is 2.29. The molecule has 0 bridgehead atoms. The third kappa shape index (κ3) is 3.12. The van der Waals surface area contributed by atoms with Crippen LogP contribution in [-0.2, 0) is 16.6 Å². The van der Waals surface area contributed by atoms with Crippen LogP contribution in [0.4, 0.5) is 0 Å². The van der Waals surface area contributed by atoms with E-state index in [-0.39, 0.29) is 10.6 Å². The molecule has 2 aromatic heterocycles. The topological polar surface area (TPSA) is 87.8 Å². The summed E-state index contributed by atoms with van der Waals surface area (Å²) < 4.78 is 27.8. The van der Waals surface area contributed by atoms with Crippen LogP contribution in [0.2, 0.25) is 0 Å². The lowest BCUT2D eigenvalue weighted by Gasteiger charge is -2.13. The van der Waals surface area contributed by atoms with Crippen LogP contribution in [-0.4, -0.2) is 24.4 Å². The Balaban J connectivity index is 2.28. The molecule has 0 fully saturated rings. The lowest BCUT2D eigenvalue weighted by atomic mass is 10.1. The van der Waals surface area contributed by atoms with Gasteiger partial charge in [-0.15, -0.1) is 0 Å². The lowest BCUT2D eigenvalue weighted by Crippen LogP contribution is -2.15. The molecule has 26 heavy (non-hydrogen) atoms. The second-order valence-corrected chi connectivity index (χ2v) is 7.63. The summed E-state index contributed by atoms with van der Waals surface area (Å²) in [4.78, 5) is 4.29. The first-order chi connectivity index (χ1) is 12.5. The first kappa shape index (κ1) is 17.9. The van der Waals surface area contributed by atoms with Crippen molar-refractivity contribution in [2.45, 2.75) is 18.4 Å². The van der Waals surface area contributed by atoms with Crippen LogP contribution in [0.25, 0.3) is 11.3 Å². The molecule has 0 unspecified atom stereocenters. The molecule has 3 aromatic rings. The van der Waals surface area contributed by atoms with Gasteiger partial charge in [0.25, 0.3) is 10.0 Å². The van der Waals surface area contributed by atoms with Crippen molar-refractivity contribution in [1.82, 2.24) is 14.3 Å². The van der Waals surface area contributed by atoms with Crippen molar-refractivity contribution in [1.29, 1.82) is 5.26 Å². The molecule has 0 saturated carbocycles. The molecule has 1 aromatic carbocycles. The van der Waals surface area contributed by atoms with Gasteiger partial charge in [-0.3, -0.25) is 0 Å². The van der Waals surface area contributed by atoms with Crippen LogP contribution in [0.5, 0.6) is 0 Å². The van der Waals surface area contributed by atoms with Crippen molar-refractivity contribution < 1.29 is 8.42 Å². The third-order valence-corrected chi connectivity index (χ3v) is 5.88. The van der Waals surface area contributed by atoms with E-state index in [0.717, 1.165) is 5.56 Å². The van der Waals surface area contributed by atoms with Gasteiger partial charge in [0.15, 0.2) is 0 Å². The predicted octanol–water partition coefficient (Wildman–Crippen LogP) is 2.69. The van der Waals surface area contributed by atoms with Crippen molar-refractivity contribution in [2.75, 3.05) is 7.05 Å². The summed E-state index contributed by atoms with van der Waals surface area (Å²) in [6.45, 7) is 2.26. The molecule has 0 saturated heterocycles. The maximum absolute atomic E-state index is 13.3. The van der Waals surface area contributed by atoms with E-state index in [2.05, 4.69) is 10.3 Å². The minimum atomic E-state index is -3.82. The van der Waals surface area contributed by atoms with Crippen LogP contribution < -0.4 is 5.32 Å². The Morgan fingerprint density at radius 3 is 2.69 bits per heavy atom. The molecule has 0 aliphatic heterocycles. The highest BCUT2D eigenvalue weighted by Gasteiger charge is 2.24. The average Bonchev–Trinajstić information content (AvgIpc) is 3.07. The Bertz CT molecular complexity index is 1090. The van der Waals surface area contributed by atoms with Crippen LogP contribution >= 0.6 is 0 Å². The molecule has 7 heteroatoms. The number of aryl methyl sites for hydroxylation is 1. The summed E-state index contributed by atoms with van der Waals surface area (Å²) in [5.74, 6) is 0. The number of pyridine rings is 1. The molecule has 132 valence electrons. The van der Waals surface area contributed by atoms with E-state index in [9.17, 15) is 13.7 Å². The maximum atomic E-state index is 13.3. The zero-order chi connectivity index (χ0) is 18.7. The number of nitrogens with one attached hydrogen (secondary N) is 1. The molecule has 0 radical (unpaired) electrons. The molecule has 0 aliphatic rings. The second-order valence-electron chi connectivity index (χ2n) is 5.84. The average molecular weight is 366 g/mol. The van der Waals surface area contributed by atoms with Crippen molar-refractivity contribution in [3.05, 3.63) is 71.7 Å². The van der Waals surface area contributed by atoms with Crippen LogP contribution in [0.15, 0.2) is 59.8 Å². The van der Waals surface area contributed by atoms with Gasteiger partial charge in [-0.25, -0.2) is 17.4 Å². The standard InChI is InChI=1S/C19H18N4O2S/c1-14-6-3-4-8-19(14)26(24,25)23-13-15(12-21-2)10-18(23)16-7-5-9-22-17(16)11-20/h3-10,13,21H,12H2,1-2H3. The fraction of sp³-hybridized carbons (Fsp3) is 0.158. The third-order valence-electron chi connectivity index (χ3n) is 4.04. The summed E-state index contributed by atoms with van der Waals surface area (Å²) in [7, 11) is -2.03. The van der Waals surface area contributed by atoms with E-state index in [0.29, 0.717) is 23.4 Å². The van der Waals surface area contributed by atoms with E-state index in [1.54, 1.807) is 62.6 Å². The quantitative estimate of drug-likeness (QED) is 0.750. The molecule has 6 nitrogen and oxygen atoms in total. The Hall–Kier alpha value is -2.95. The van der Waals surface area contributed by atoms with Gasteiger partial charge < -0.3 is 5.32 Å². The second kappa shape index (κ2) is 7.12. The van der Waals surface area contributed by atoms with Gasteiger partial charge in [-0.1, -0.05) is 18.2 Å². The van der Waals surface area contributed by atoms with Gasteiger partial charge in [-0.05, 0) is 49.4 Å². The minimum Gasteiger partial charge on any atom is -0.316 e. The fourth-order valence-corrected chi connectivity index (χ4v) is 4.47. The summed E-state index contributed by atoms with van der Waals surface area (Å²) in [6, 6.07) is 14.0. The molecule has 0 atom stereocenters. The van der Waals surface area contributed by atoms with E-state index < -0.39 is 10.0 Å². The zero-order valence-corrected chi connectivity index (χ0v) is 15.3. The number of nitrogens with zero attached hydrogens (tertiary/aromatic N) is 3.